The molecule has 3 rings (SSSR count). The fraction of sp³-hybridized carbons (Fsp3) is 0.500. The van der Waals surface area contributed by atoms with Gasteiger partial charge in [0.15, 0.2) is 15.8 Å². The van der Waals surface area contributed by atoms with Crippen LogP contribution in [0.4, 0.5) is 0 Å². The third-order valence-electron chi connectivity index (χ3n) is 4.88. The predicted octanol–water partition coefficient (Wildman–Crippen LogP) is 3.45. The van der Waals surface area contributed by atoms with Crippen molar-refractivity contribution in [3.63, 3.8) is 0 Å². The first kappa shape index (κ1) is 24.1. The van der Waals surface area contributed by atoms with Gasteiger partial charge in [-0.05, 0) is 20.8 Å². The van der Waals surface area contributed by atoms with Crippen molar-refractivity contribution in [3.05, 3.63) is 41.4 Å². The molecule has 2 aromatic rings. The minimum absolute atomic E-state index is 0. The quantitative estimate of drug-likeness (QED) is 0.352. The number of halogens is 1. The van der Waals surface area contributed by atoms with Crippen LogP contribution in [0, 0.1) is 0 Å². The Kier molecular flexibility index (Phi) is 8.48. The third kappa shape index (κ3) is 5.91. The summed E-state index contributed by atoms with van der Waals surface area (Å²) in [5.74, 6) is 0.945. The topological polar surface area (TPSA) is 74.7 Å². The second-order valence-electron chi connectivity index (χ2n) is 7.50. The number of hydrogen-bond acceptors (Lipinski definition) is 5. The highest BCUT2D eigenvalue weighted by Crippen LogP contribution is 2.24. The van der Waals surface area contributed by atoms with Gasteiger partial charge in [-0.1, -0.05) is 30.3 Å². The van der Waals surface area contributed by atoms with Crippen LogP contribution in [0.1, 0.15) is 26.5 Å². The van der Waals surface area contributed by atoms with Gasteiger partial charge in [0.1, 0.15) is 5.01 Å². The fourth-order valence-electron chi connectivity index (χ4n) is 3.16. The molecule has 0 atom stereocenters. The molecule has 1 fully saturated rings. The van der Waals surface area contributed by atoms with Crippen molar-refractivity contribution < 1.29 is 8.42 Å². The van der Waals surface area contributed by atoms with Crippen molar-refractivity contribution in [2.75, 3.05) is 31.9 Å². The summed E-state index contributed by atoms with van der Waals surface area (Å²) in [6.07, 6.45) is 0.758. The van der Waals surface area contributed by atoms with Gasteiger partial charge < -0.3 is 10.2 Å². The molecule has 1 aliphatic rings. The summed E-state index contributed by atoms with van der Waals surface area (Å²) < 4.78 is 23.7. The van der Waals surface area contributed by atoms with Crippen molar-refractivity contribution in [2.45, 2.75) is 31.9 Å². The second kappa shape index (κ2) is 10.2. The van der Waals surface area contributed by atoms with Gasteiger partial charge in [-0.3, -0.25) is 4.99 Å². The Hall–Kier alpha value is -1.20. The van der Waals surface area contributed by atoms with E-state index in [1.807, 2.05) is 25.1 Å². The van der Waals surface area contributed by atoms with Crippen LogP contribution in [-0.2, 0) is 16.3 Å². The van der Waals surface area contributed by atoms with Gasteiger partial charge in [0.25, 0.3) is 0 Å². The molecule has 0 aliphatic carbocycles. The van der Waals surface area contributed by atoms with Crippen molar-refractivity contribution >= 4 is 51.1 Å². The molecule has 0 unspecified atom stereocenters. The molecule has 0 spiro atoms. The van der Waals surface area contributed by atoms with E-state index >= 15 is 0 Å². The lowest BCUT2D eigenvalue weighted by Gasteiger charge is -2.39. The first-order chi connectivity index (χ1) is 13.3. The highest BCUT2D eigenvalue weighted by molar-refractivity contribution is 14.0. The molecule has 160 valence electrons. The van der Waals surface area contributed by atoms with Gasteiger partial charge in [-0.25, -0.2) is 13.4 Å². The fourth-order valence-corrected chi connectivity index (χ4v) is 5.39. The summed E-state index contributed by atoms with van der Waals surface area (Å²) in [7, 11) is -3.06. The molecule has 0 radical (unpaired) electrons. The Morgan fingerprint density at radius 2 is 2.03 bits per heavy atom. The van der Waals surface area contributed by atoms with Crippen LogP contribution in [0.25, 0.3) is 10.6 Å². The lowest BCUT2D eigenvalue weighted by molar-refractivity contribution is 0.353. The number of thiazole rings is 1. The SMILES string of the molecule is CCNC(=NCCc1csc(-c2ccccc2)n1)N1CCS(=O)(=O)C(C)(C)C1.I. The lowest BCUT2D eigenvalue weighted by atomic mass is 10.2. The van der Waals surface area contributed by atoms with E-state index in [1.165, 1.54) is 0 Å². The Labute approximate surface area is 194 Å². The van der Waals surface area contributed by atoms with Crippen LogP contribution in [0.3, 0.4) is 0 Å². The summed E-state index contributed by atoms with van der Waals surface area (Å²) in [6.45, 7) is 7.90. The number of hydrogen-bond donors (Lipinski definition) is 1. The average Bonchev–Trinajstić information content (AvgIpc) is 3.13. The average molecular weight is 549 g/mol. The molecule has 0 amide bonds. The number of sulfone groups is 1. The number of guanidine groups is 1. The van der Waals surface area contributed by atoms with E-state index in [2.05, 4.69) is 27.7 Å². The molecular weight excluding hydrogens is 519 g/mol. The van der Waals surface area contributed by atoms with Crippen molar-refractivity contribution in [2.24, 2.45) is 4.99 Å². The minimum Gasteiger partial charge on any atom is -0.357 e. The number of rotatable bonds is 5. The van der Waals surface area contributed by atoms with Crippen LogP contribution in [-0.4, -0.2) is 60.9 Å². The van der Waals surface area contributed by atoms with Gasteiger partial charge >= 0.3 is 0 Å². The molecule has 0 bridgehead atoms. The van der Waals surface area contributed by atoms with E-state index in [4.69, 9.17) is 9.98 Å². The largest absolute Gasteiger partial charge is 0.357 e. The molecule has 1 aromatic heterocycles. The summed E-state index contributed by atoms with van der Waals surface area (Å²) in [4.78, 5) is 11.5. The Morgan fingerprint density at radius 1 is 1.31 bits per heavy atom. The number of nitrogens with one attached hydrogen (secondary N) is 1. The van der Waals surface area contributed by atoms with E-state index < -0.39 is 14.6 Å². The van der Waals surface area contributed by atoms with Gasteiger partial charge in [0.05, 0.1) is 16.2 Å². The number of aliphatic imine (C=N–C) groups is 1. The molecule has 6 nitrogen and oxygen atoms in total. The van der Waals surface area contributed by atoms with E-state index in [1.54, 1.807) is 25.2 Å². The van der Waals surface area contributed by atoms with Crippen LogP contribution in [0.15, 0.2) is 40.7 Å². The van der Waals surface area contributed by atoms with Crippen molar-refractivity contribution in [1.29, 1.82) is 0 Å². The van der Waals surface area contributed by atoms with E-state index in [-0.39, 0.29) is 29.7 Å². The summed E-state index contributed by atoms with van der Waals surface area (Å²) >= 11 is 1.65. The monoisotopic (exact) mass is 548 g/mol. The summed E-state index contributed by atoms with van der Waals surface area (Å²) in [5.41, 5.74) is 2.16. The summed E-state index contributed by atoms with van der Waals surface area (Å²) in [5, 5.41) is 6.41. The van der Waals surface area contributed by atoms with Crippen LogP contribution in [0.2, 0.25) is 0 Å². The normalized spacial score (nSPS) is 18.2. The van der Waals surface area contributed by atoms with Gasteiger partial charge in [-0.15, -0.1) is 35.3 Å². The first-order valence-corrected chi connectivity index (χ1v) is 12.1. The van der Waals surface area contributed by atoms with Gasteiger partial charge in [0, 0.05) is 43.5 Å². The molecule has 29 heavy (non-hydrogen) atoms. The molecule has 1 aromatic carbocycles. The maximum absolute atomic E-state index is 12.3. The zero-order valence-electron chi connectivity index (χ0n) is 17.1. The minimum atomic E-state index is -3.06. The Balaban J connectivity index is 0.00000300. The van der Waals surface area contributed by atoms with E-state index in [9.17, 15) is 8.42 Å². The highest BCUT2D eigenvalue weighted by Gasteiger charge is 2.40. The highest BCUT2D eigenvalue weighted by atomic mass is 127. The Morgan fingerprint density at radius 3 is 2.69 bits per heavy atom. The zero-order valence-corrected chi connectivity index (χ0v) is 21.1. The molecule has 2 heterocycles. The predicted molar refractivity (Wildman–Crippen MR) is 132 cm³/mol. The van der Waals surface area contributed by atoms with Gasteiger partial charge in [-0.2, -0.15) is 0 Å². The molecule has 1 aliphatic heterocycles. The lowest BCUT2D eigenvalue weighted by Crippen LogP contribution is -2.57. The standard InChI is InChI=1S/C20H28N4O2S2.HI/c1-4-21-19(24-12-13-28(25,26)20(2,3)15-24)22-11-10-17-14-27-18(23-17)16-8-6-5-7-9-16;/h5-9,14H,4,10-13,15H2,1-3H3,(H,21,22);1H. The second-order valence-corrected chi connectivity index (χ2v) is 11.1. The van der Waals surface area contributed by atoms with E-state index in [0.717, 1.165) is 35.2 Å². The van der Waals surface area contributed by atoms with E-state index in [0.29, 0.717) is 19.6 Å². The maximum atomic E-state index is 12.3. The first-order valence-electron chi connectivity index (χ1n) is 9.58. The van der Waals surface area contributed by atoms with Crippen molar-refractivity contribution in [1.82, 2.24) is 15.2 Å². The van der Waals surface area contributed by atoms with Gasteiger partial charge in [0.2, 0.25) is 0 Å². The molecule has 1 N–H and O–H groups in total. The smallest absolute Gasteiger partial charge is 0.194 e. The van der Waals surface area contributed by atoms with Crippen LogP contribution >= 0.6 is 35.3 Å². The molecule has 1 saturated heterocycles. The molecule has 9 heteroatoms. The molecule has 0 saturated carbocycles. The number of benzene rings is 1. The third-order valence-corrected chi connectivity index (χ3v) is 8.35. The van der Waals surface area contributed by atoms with Crippen molar-refractivity contribution in [3.8, 4) is 10.6 Å². The molecular formula is C20H29IN4O2S2. The van der Waals surface area contributed by atoms with Crippen LogP contribution in [0.5, 0.6) is 0 Å². The summed E-state index contributed by atoms with van der Waals surface area (Å²) in [6, 6.07) is 10.2. The maximum Gasteiger partial charge on any atom is 0.194 e. The van der Waals surface area contributed by atoms with Crippen LogP contribution < -0.4 is 5.32 Å². The number of aromatic nitrogens is 1. The number of nitrogens with zero attached hydrogens (tertiary/aromatic N) is 3. The Bertz CT molecular complexity index is 927. The zero-order chi connectivity index (χ0) is 20.2.